The topological polar surface area (TPSA) is 89.9 Å². The summed E-state index contributed by atoms with van der Waals surface area (Å²) in [5.41, 5.74) is 0. The molecule has 21 heavy (non-hydrogen) atoms. The van der Waals surface area contributed by atoms with Crippen molar-refractivity contribution in [2.45, 2.75) is 4.90 Å². The van der Waals surface area contributed by atoms with Crippen molar-refractivity contribution < 1.29 is 27.2 Å². The molecule has 2 aromatic carbocycles. The molecule has 7 heteroatoms. The summed E-state index contributed by atoms with van der Waals surface area (Å²) in [6.07, 6.45) is 0. The average molecular weight is 308 g/mol. The number of aliphatic carboxylic acids is 1. The molecule has 110 valence electrons. The van der Waals surface area contributed by atoms with Gasteiger partial charge in [-0.25, -0.2) is 4.79 Å². The lowest BCUT2D eigenvalue weighted by Gasteiger charge is -2.08. The summed E-state index contributed by atoms with van der Waals surface area (Å²) in [7, 11) is -3.89. The van der Waals surface area contributed by atoms with Crippen LogP contribution < -0.4 is 8.92 Å². The SMILES string of the molecule is O=C(O)COc1ccc(OS(=O)(=O)c2ccccc2)cc1. The minimum absolute atomic E-state index is 0.0520. The van der Waals surface area contributed by atoms with Gasteiger partial charge in [0.2, 0.25) is 0 Å². The predicted molar refractivity (Wildman–Crippen MR) is 73.8 cm³/mol. The number of carbonyl (C=O) groups is 1. The first-order valence-corrected chi connectivity index (χ1v) is 7.32. The summed E-state index contributed by atoms with van der Waals surface area (Å²) in [6, 6.07) is 13.4. The van der Waals surface area contributed by atoms with Crippen LogP contribution in [0, 0.1) is 0 Å². The lowest BCUT2D eigenvalue weighted by molar-refractivity contribution is -0.139. The maximum atomic E-state index is 12.0. The molecular formula is C14H12O6S. The number of carboxylic acids is 1. The second-order valence-corrected chi connectivity index (χ2v) is 5.55. The van der Waals surface area contributed by atoms with E-state index in [-0.39, 0.29) is 10.6 Å². The van der Waals surface area contributed by atoms with E-state index in [9.17, 15) is 13.2 Å². The average Bonchev–Trinajstić information content (AvgIpc) is 2.47. The van der Waals surface area contributed by atoms with Gasteiger partial charge in [-0.15, -0.1) is 0 Å². The molecule has 0 radical (unpaired) electrons. The maximum Gasteiger partial charge on any atom is 0.341 e. The van der Waals surface area contributed by atoms with Crippen LogP contribution in [0.4, 0.5) is 0 Å². The van der Waals surface area contributed by atoms with E-state index in [4.69, 9.17) is 14.0 Å². The van der Waals surface area contributed by atoms with Gasteiger partial charge in [0.05, 0.1) is 0 Å². The summed E-state index contributed by atoms with van der Waals surface area (Å²) < 4.78 is 33.8. The number of rotatable bonds is 6. The molecule has 0 unspecified atom stereocenters. The molecule has 0 bridgehead atoms. The van der Waals surface area contributed by atoms with Crippen LogP contribution in [-0.2, 0) is 14.9 Å². The highest BCUT2D eigenvalue weighted by atomic mass is 32.2. The van der Waals surface area contributed by atoms with Crippen molar-refractivity contribution in [3.63, 3.8) is 0 Å². The molecule has 0 aliphatic rings. The molecule has 6 nitrogen and oxygen atoms in total. The highest BCUT2D eigenvalue weighted by Gasteiger charge is 2.15. The van der Waals surface area contributed by atoms with Crippen molar-refractivity contribution in [3.8, 4) is 11.5 Å². The number of hydrogen-bond donors (Lipinski definition) is 1. The van der Waals surface area contributed by atoms with Gasteiger partial charge < -0.3 is 14.0 Å². The zero-order valence-electron chi connectivity index (χ0n) is 10.8. The van der Waals surface area contributed by atoms with Crippen molar-refractivity contribution in [2.24, 2.45) is 0 Å². The van der Waals surface area contributed by atoms with Crippen molar-refractivity contribution in [1.82, 2.24) is 0 Å². The van der Waals surface area contributed by atoms with E-state index >= 15 is 0 Å². The Morgan fingerprint density at radius 1 is 0.952 bits per heavy atom. The fraction of sp³-hybridized carbons (Fsp3) is 0.0714. The van der Waals surface area contributed by atoms with E-state index in [2.05, 4.69) is 0 Å². The quantitative estimate of drug-likeness (QED) is 0.820. The number of ether oxygens (including phenoxy) is 1. The smallest absolute Gasteiger partial charge is 0.341 e. The van der Waals surface area contributed by atoms with Gasteiger partial charge in [0.1, 0.15) is 16.4 Å². The number of hydrogen-bond acceptors (Lipinski definition) is 5. The third-order valence-corrected chi connectivity index (χ3v) is 3.69. The molecule has 0 amide bonds. The second-order valence-electron chi connectivity index (χ2n) is 4.00. The van der Waals surface area contributed by atoms with Crippen molar-refractivity contribution >= 4 is 16.1 Å². The Morgan fingerprint density at radius 3 is 2.10 bits per heavy atom. The van der Waals surface area contributed by atoms with Gasteiger partial charge in [-0.3, -0.25) is 0 Å². The van der Waals surface area contributed by atoms with Gasteiger partial charge in [0, 0.05) is 0 Å². The van der Waals surface area contributed by atoms with Crippen LogP contribution >= 0.6 is 0 Å². The maximum absolute atomic E-state index is 12.0. The Labute approximate surface area is 121 Å². The molecule has 0 aliphatic carbocycles. The van der Waals surface area contributed by atoms with Crippen LogP contribution in [0.5, 0.6) is 11.5 Å². The molecule has 0 heterocycles. The zero-order valence-corrected chi connectivity index (χ0v) is 11.6. The van der Waals surface area contributed by atoms with Crippen LogP contribution in [0.25, 0.3) is 0 Å². The molecule has 0 fully saturated rings. The van der Waals surface area contributed by atoms with E-state index in [0.717, 1.165) is 0 Å². The third kappa shape index (κ3) is 4.22. The highest BCUT2D eigenvalue weighted by molar-refractivity contribution is 7.87. The molecule has 2 aromatic rings. The summed E-state index contributed by atoms with van der Waals surface area (Å²) in [5, 5.41) is 8.48. The largest absolute Gasteiger partial charge is 0.482 e. The molecule has 0 atom stereocenters. The van der Waals surface area contributed by atoms with Crippen LogP contribution in [0.1, 0.15) is 0 Å². The summed E-state index contributed by atoms with van der Waals surface area (Å²) in [4.78, 5) is 10.4. The number of carboxylic acid groups (broad SMARTS) is 1. The van der Waals surface area contributed by atoms with Gasteiger partial charge in [0.15, 0.2) is 6.61 Å². The molecule has 0 saturated carbocycles. The summed E-state index contributed by atoms with van der Waals surface area (Å²) >= 11 is 0. The van der Waals surface area contributed by atoms with Crippen LogP contribution in [0.2, 0.25) is 0 Å². The van der Waals surface area contributed by atoms with Crippen molar-refractivity contribution in [1.29, 1.82) is 0 Å². The Balaban J connectivity index is 2.08. The Bertz CT molecular complexity index is 707. The molecular weight excluding hydrogens is 296 g/mol. The van der Waals surface area contributed by atoms with Gasteiger partial charge >= 0.3 is 16.1 Å². The normalized spacial score (nSPS) is 10.9. The lowest BCUT2D eigenvalue weighted by Crippen LogP contribution is -2.10. The predicted octanol–water partition coefficient (Wildman–Crippen LogP) is 1.92. The molecule has 1 N–H and O–H groups in total. The van der Waals surface area contributed by atoms with Crippen LogP contribution in [0.15, 0.2) is 59.5 Å². The minimum Gasteiger partial charge on any atom is -0.482 e. The Kier molecular flexibility index (Phi) is 4.44. The first-order chi connectivity index (χ1) is 9.97. The third-order valence-electron chi connectivity index (χ3n) is 2.42. The lowest BCUT2D eigenvalue weighted by atomic mass is 10.3. The fourth-order valence-electron chi connectivity index (χ4n) is 1.50. The van der Waals surface area contributed by atoms with Crippen molar-refractivity contribution in [2.75, 3.05) is 6.61 Å². The number of benzene rings is 2. The summed E-state index contributed by atoms with van der Waals surface area (Å²) in [6.45, 7) is -0.470. The van der Waals surface area contributed by atoms with E-state index < -0.39 is 22.7 Å². The first kappa shape index (κ1) is 14.9. The van der Waals surface area contributed by atoms with E-state index in [1.54, 1.807) is 18.2 Å². The van der Waals surface area contributed by atoms with Gasteiger partial charge in [0.25, 0.3) is 0 Å². The van der Waals surface area contributed by atoms with Crippen LogP contribution in [-0.4, -0.2) is 26.1 Å². The standard InChI is InChI=1S/C14H12O6S/c15-14(16)10-19-11-6-8-12(9-7-11)20-21(17,18)13-4-2-1-3-5-13/h1-9H,10H2,(H,15,16). The van der Waals surface area contributed by atoms with E-state index in [1.165, 1.54) is 36.4 Å². The van der Waals surface area contributed by atoms with Crippen LogP contribution in [0.3, 0.4) is 0 Å². The fourth-order valence-corrected chi connectivity index (χ4v) is 2.45. The van der Waals surface area contributed by atoms with Gasteiger partial charge in [-0.05, 0) is 36.4 Å². The van der Waals surface area contributed by atoms with Gasteiger partial charge in [-0.1, -0.05) is 18.2 Å². The Hall–Kier alpha value is -2.54. The highest BCUT2D eigenvalue weighted by Crippen LogP contribution is 2.21. The molecule has 0 saturated heterocycles. The molecule has 0 aliphatic heterocycles. The van der Waals surface area contributed by atoms with E-state index in [1.807, 2.05) is 0 Å². The van der Waals surface area contributed by atoms with Gasteiger partial charge in [-0.2, -0.15) is 8.42 Å². The minimum atomic E-state index is -3.89. The Morgan fingerprint density at radius 2 is 1.52 bits per heavy atom. The monoisotopic (exact) mass is 308 g/mol. The molecule has 0 aromatic heterocycles. The zero-order chi connectivity index (χ0) is 15.3. The molecule has 2 rings (SSSR count). The van der Waals surface area contributed by atoms with E-state index in [0.29, 0.717) is 5.75 Å². The second kappa shape index (κ2) is 6.27. The molecule has 0 spiro atoms. The first-order valence-electron chi connectivity index (χ1n) is 5.91. The van der Waals surface area contributed by atoms with Crippen molar-refractivity contribution in [3.05, 3.63) is 54.6 Å². The summed E-state index contributed by atoms with van der Waals surface area (Å²) in [5.74, 6) is -0.676.